The fourth-order valence-electron chi connectivity index (χ4n) is 5.54. The molecule has 5 rings (SSSR count). The fourth-order valence-corrected chi connectivity index (χ4v) is 5.54. The molecule has 2 amide bonds. The number of anilines is 2. The zero-order chi connectivity index (χ0) is 31.3. The van der Waals surface area contributed by atoms with Gasteiger partial charge in [0, 0.05) is 22.7 Å². The average Bonchev–Trinajstić information content (AvgIpc) is 3.44. The van der Waals surface area contributed by atoms with Gasteiger partial charge in [-0.1, -0.05) is 56.7 Å². The van der Waals surface area contributed by atoms with Crippen LogP contribution in [-0.2, 0) is 11.8 Å². The van der Waals surface area contributed by atoms with E-state index >= 15 is 0 Å². The van der Waals surface area contributed by atoms with E-state index in [1.807, 2.05) is 79.7 Å². The van der Waals surface area contributed by atoms with Crippen LogP contribution in [0.15, 0.2) is 78.9 Å². The van der Waals surface area contributed by atoms with Gasteiger partial charge in [0.1, 0.15) is 11.6 Å². The molecule has 1 saturated heterocycles. The highest BCUT2D eigenvalue weighted by Crippen LogP contribution is 2.28. The SMILES string of the molecule is COc1ccc(C(=O)CN2CCC(Cc3ccccc3NC(=O)Nc3cc(C(C)(C)C)nn3-c3ccc(C)cc3)CC2)cc1. The Morgan fingerprint density at radius 1 is 0.932 bits per heavy atom. The van der Waals surface area contributed by atoms with Crippen molar-refractivity contribution in [1.29, 1.82) is 0 Å². The van der Waals surface area contributed by atoms with Gasteiger partial charge in [0.25, 0.3) is 0 Å². The minimum Gasteiger partial charge on any atom is -0.497 e. The molecule has 44 heavy (non-hydrogen) atoms. The van der Waals surface area contributed by atoms with Gasteiger partial charge in [0.2, 0.25) is 0 Å². The normalized spacial score (nSPS) is 14.3. The third-order valence-electron chi connectivity index (χ3n) is 8.26. The Bertz CT molecular complexity index is 1580. The van der Waals surface area contributed by atoms with Crippen LogP contribution >= 0.6 is 0 Å². The van der Waals surface area contributed by atoms with Gasteiger partial charge >= 0.3 is 6.03 Å². The number of ketones is 1. The lowest BCUT2D eigenvalue weighted by molar-refractivity contribution is 0.0895. The van der Waals surface area contributed by atoms with Crippen LogP contribution in [0.5, 0.6) is 5.75 Å². The quantitative estimate of drug-likeness (QED) is 0.199. The van der Waals surface area contributed by atoms with Gasteiger partial charge in [-0.2, -0.15) is 5.10 Å². The Balaban J connectivity index is 1.20. The summed E-state index contributed by atoms with van der Waals surface area (Å²) in [7, 11) is 1.62. The highest BCUT2D eigenvalue weighted by atomic mass is 16.5. The molecule has 0 aliphatic carbocycles. The maximum absolute atomic E-state index is 13.3. The van der Waals surface area contributed by atoms with E-state index in [4.69, 9.17) is 9.84 Å². The van der Waals surface area contributed by atoms with Crippen molar-refractivity contribution >= 4 is 23.3 Å². The first-order valence-electron chi connectivity index (χ1n) is 15.3. The number of para-hydroxylation sites is 1. The van der Waals surface area contributed by atoms with Crippen LogP contribution < -0.4 is 15.4 Å². The summed E-state index contributed by atoms with van der Waals surface area (Å²) in [6, 6.07) is 25.0. The molecular formula is C36H43N5O3. The Hall–Kier alpha value is -4.43. The first-order chi connectivity index (χ1) is 21.1. The number of piperidine rings is 1. The van der Waals surface area contributed by atoms with E-state index in [-0.39, 0.29) is 17.2 Å². The van der Waals surface area contributed by atoms with Crippen molar-refractivity contribution in [1.82, 2.24) is 14.7 Å². The lowest BCUT2D eigenvalue weighted by Crippen LogP contribution is -2.37. The fraction of sp³-hybridized carbons (Fsp3) is 0.361. The third-order valence-corrected chi connectivity index (χ3v) is 8.26. The van der Waals surface area contributed by atoms with Crippen LogP contribution in [0.2, 0.25) is 0 Å². The van der Waals surface area contributed by atoms with E-state index in [1.165, 1.54) is 0 Å². The first kappa shape index (κ1) is 31.0. The molecule has 2 heterocycles. The number of Topliss-reactive ketones (excluding diaryl/α,β-unsaturated/α-hetero) is 1. The highest BCUT2D eigenvalue weighted by Gasteiger charge is 2.24. The number of likely N-dealkylation sites (tertiary alicyclic amines) is 1. The minimum atomic E-state index is -0.307. The standard InChI is InChI=1S/C36H43N5O3/c1-25-10-14-29(15-11-25)41-34(23-33(39-41)36(2,3)4)38-35(43)37-31-9-7-6-8-28(31)22-26-18-20-40(21-19-26)24-32(42)27-12-16-30(44-5)17-13-27/h6-17,23,26H,18-22,24H2,1-5H3,(H2,37,38,43). The van der Waals surface area contributed by atoms with Gasteiger partial charge in [-0.3, -0.25) is 15.0 Å². The Morgan fingerprint density at radius 3 is 2.27 bits per heavy atom. The summed E-state index contributed by atoms with van der Waals surface area (Å²) in [4.78, 5) is 28.3. The Labute approximate surface area is 260 Å². The number of carbonyl (C=O) groups excluding carboxylic acids is 2. The first-order valence-corrected chi connectivity index (χ1v) is 15.3. The number of carbonyl (C=O) groups is 2. The van der Waals surface area contributed by atoms with Gasteiger partial charge < -0.3 is 10.1 Å². The Kier molecular flexibility index (Phi) is 9.49. The van der Waals surface area contributed by atoms with E-state index in [1.54, 1.807) is 11.8 Å². The second-order valence-corrected chi connectivity index (χ2v) is 12.7. The molecule has 2 N–H and O–H groups in total. The topological polar surface area (TPSA) is 88.5 Å². The number of nitrogens with one attached hydrogen (secondary N) is 2. The molecule has 0 radical (unpaired) electrons. The van der Waals surface area contributed by atoms with Gasteiger partial charge in [0.05, 0.1) is 25.0 Å². The molecule has 3 aromatic carbocycles. The number of methoxy groups -OCH3 is 1. The largest absolute Gasteiger partial charge is 0.497 e. The number of aryl methyl sites for hydroxylation is 1. The summed E-state index contributed by atoms with van der Waals surface area (Å²) in [5.74, 6) is 1.97. The molecule has 0 saturated carbocycles. The van der Waals surface area contributed by atoms with E-state index in [0.29, 0.717) is 23.8 Å². The zero-order valence-corrected chi connectivity index (χ0v) is 26.4. The minimum absolute atomic E-state index is 0.130. The number of ether oxygens (including phenoxy) is 1. The highest BCUT2D eigenvalue weighted by molar-refractivity contribution is 6.00. The molecule has 8 nitrogen and oxygen atoms in total. The average molecular weight is 594 g/mol. The van der Waals surface area contributed by atoms with Crippen molar-refractivity contribution in [3.05, 3.63) is 101 Å². The van der Waals surface area contributed by atoms with E-state index in [2.05, 4.69) is 42.4 Å². The molecule has 230 valence electrons. The lowest BCUT2D eigenvalue weighted by Gasteiger charge is -2.31. The summed E-state index contributed by atoms with van der Waals surface area (Å²) in [6.07, 6.45) is 2.87. The van der Waals surface area contributed by atoms with E-state index < -0.39 is 0 Å². The van der Waals surface area contributed by atoms with Gasteiger partial charge in [-0.15, -0.1) is 0 Å². The number of rotatable bonds is 9. The molecule has 4 aromatic rings. The van der Waals surface area contributed by atoms with Crippen LogP contribution in [0.25, 0.3) is 5.69 Å². The lowest BCUT2D eigenvalue weighted by atomic mass is 9.89. The zero-order valence-electron chi connectivity index (χ0n) is 26.4. The second kappa shape index (κ2) is 13.5. The summed E-state index contributed by atoms with van der Waals surface area (Å²) >= 11 is 0. The van der Waals surface area contributed by atoms with Crippen molar-refractivity contribution in [2.45, 2.75) is 52.4 Å². The van der Waals surface area contributed by atoms with Crippen molar-refractivity contribution in [3.63, 3.8) is 0 Å². The van der Waals surface area contributed by atoms with E-state index in [0.717, 1.165) is 66.3 Å². The van der Waals surface area contributed by atoms with Crippen LogP contribution in [0.3, 0.4) is 0 Å². The summed E-state index contributed by atoms with van der Waals surface area (Å²) in [5, 5.41) is 11.0. The van der Waals surface area contributed by atoms with Crippen molar-refractivity contribution in [2.75, 3.05) is 37.4 Å². The summed E-state index contributed by atoms with van der Waals surface area (Å²) in [6.45, 7) is 10.6. The van der Waals surface area contributed by atoms with Gasteiger partial charge in [-0.05, 0) is 93.2 Å². The van der Waals surface area contributed by atoms with Crippen LogP contribution in [0.1, 0.15) is 60.8 Å². The third kappa shape index (κ3) is 7.74. The molecule has 1 aromatic heterocycles. The second-order valence-electron chi connectivity index (χ2n) is 12.7. The molecule has 1 aliphatic heterocycles. The number of amides is 2. The number of hydrogen-bond donors (Lipinski definition) is 2. The van der Waals surface area contributed by atoms with Crippen LogP contribution in [0.4, 0.5) is 16.3 Å². The summed E-state index contributed by atoms with van der Waals surface area (Å²) in [5.41, 5.74) is 5.40. The molecule has 0 spiro atoms. The van der Waals surface area contributed by atoms with Crippen molar-refractivity contribution in [2.24, 2.45) is 5.92 Å². The summed E-state index contributed by atoms with van der Waals surface area (Å²) < 4.78 is 6.99. The van der Waals surface area contributed by atoms with Crippen LogP contribution in [-0.4, -0.2) is 53.2 Å². The Morgan fingerprint density at radius 2 is 1.61 bits per heavy atom. The molecule has 1 aliphatic rings. The van der Waals surface area contributed by atoms with E-state index in [9.17, 15) is 9.59 Å². The molecule has 8 heteroatoms. The predicted octanol–water partition coefficient (Wildman–Crippen LogP) is 7.27. The molecular weight excluding hydrogens is 550 g/mol. The van der Waals surface area contributed by atoms with Gasteiger partial charge in [-0.25, -0.2) is 9.48 Å². The monoisotopic (exact) mass is 593 g/mol. The molecule has 0 bridgehead atoms. The number of benzene rings is 3. The number of hydrogen-bond acceptors (Lipinski definition) is 5. The maximum atomic E-state index is 13.3. The number of aromatic nitrogens is 2. The molecule has 0 unspecified atom stereocenters. The van der Waals surface area contributed by atoms with Crippen molar-refractivity contribution < 1.29 is 14.3 Å². The predicted molar refractivity (Wildman–Crippen MR) is 176 cm³/mol. The smallest absolute Gasteiger partial charge is 0.324 e. The maximum Gasteiger partial charge on any atom is 0.324 e. The van der Waals surface area contributed by atoms with Gasteiger partial charge in [0.15, 0.2) is 5.78 Å². The number of nitrogens with zero attached hydrogens (tertiary/aromatic N) is 3. The molecule has 1 fully saturated rings. The van der Waals surface area contributed by atoms with Crippen molar-refractivity contribution in [3.8, 4) is 11.4 Å². The van der Waals surface area contributed by atoms with Crippen LogP contribution in [0, 0.1) is 12.8 Å². The molecule has 0 atom stereocenters. The number of urea groups is 1.